The van der Waals surface area contributed by atoms with Crippen LogP contribution in [0.1, 0.15) is 77.6 Å². The molecule has 2 nitrogen and oxygen atoms in total. The topological polar surface area (TPSA) is 15.3 Å². The Morgan fingerprint density at radius 1 is 0.850 bits per heavy atom. The predicted molar refractivity (Wildman–Crippen MR) is 86.1 cm³/mol. The molecular formula is C18H34N2. The fraction of sp³-hybridized carbons (Fsp3) is 1.00. The van der Waals surface area contributed by atoms with Gasteiger partial charge in [-0.2, -0.15) is 0 Å². The van der Waals surface area contributed by atoms with Gasteiger partial charge >= 0.3 is 0 Å². The minimum Gasteiger partial charge on any atom is -0.310 e. The van der Waals surface area contributed by atoms with E-state index in [1.807, 2.05) is 0 Å². The van der Waals surface area contributed by atoms with Crippen LogP contribution in [-0.4, -0.2) is 36.6 Å². The second-order valence-corrected chi connectivity index (χ2v) is 8.20. The normalized spacial score (nSPS) is 31.1. The number of hydrogen-bond donors (Lipinski definition) is 1. The summed E-state index contributed by atoms with van der Waals surface area (Å²) in [5.41, 5.74) is 1.08. The maximum absolute atomic E-state index is 3.94. The predicted octanol–water partition coefficient (Wildman–Crippen LogP) is 3.96. The highest BCUT2D eigenvalue weighted by atomic mass is 15.2. The van der Waals surface area contributed by atoms with E-state index < -0.39 is 0 Å². The minimum absolute atomic E-state index is 0.472. The van der Waals surface area contributed by atoms with Crippen molar-refractivity contribution >= 4 is 0 Å². The maximum Gasteiger partial charge on any atom is 0.0308 e. The Morgan fingerprint density at radius 2 is 1.50 bits per heavy atom. The monoisotopic (exact) mass is 278 g/mol. The number of rotatable bonds is 2. The van der Waals surface area contributed by atoms with Gasteiger partial charge in [-0.15, -0.1) is 0 Å². The first-order chi connectivity index (χ1) is 9.70. The van der Waals surface area contributed by atoms with Crippen LogP contribution >= 0.6 is 0 Å². The van der Waals surface area contributed by atoms with E-state index in [-0.39, 0.29) is 0 Å². The maximum atomic E-state index is 3.94. The van der Waals surface area contributed by atoms with Gasteiger partial charge in [-0.05, 0) is 50.6 Å². The summed E-state index contributed by atoms with van der Waals surface area (Å²) >= 11 is 0. The van der Waals surface area contributed by atoms with E-state index in [0.29, 0.717) is 11.0 Å². The van der Waals surface area contributed by atoms with E-state index in [1.165, 1.54) is 96.8 Å². The molecule has 3 rings (SSSR count). The van der Waals surface area contributed by atoms with Gasteiger partial charge in [0.15, 0.2) is 0 Å². The molecule has 0 aromatic heterocycles. The molecular weight excluding hydrogens is 244 g/mol. The Labute approximate surface area is 125 Å². The van der Waals surface area contributed by atoms with Gasteiger partial charge in [-0.3, -0.25) is 0 Å². The summed E-state index contributed by atoms with van der Waals surface area (Å²) in [6, 6.07) is 0. The van der Waals surface area contributed by atoms with Crippen LogP contribution in [0.2, 0.25) is 0 Å². The molecule has 1 heterocycles. The molecule has 1 saturated heterocycles. The van der Waals surface area contributed by atoms with Gasteiger partial charge in [0.05, 0.1) is 0 Å². The Morgan fingerprint density at radius 3 is 2.20 bits per heavy atom. The third-order valence-electron chi connectivity index (χ3n) is 6.15. The summed E-state index contributed by atoms with van der Waals surface area (Å²) in [5.74, 6) is 0. The van der Waals surface area contributed by atoms with E-state index >= 15 is 0 Å². The second kappa shape index (κ2) is 6.36. The van der Waals surface area contributed by atoms with E-state index in [4.69, 9.17) is 0 Å². The molecule has 1 N–H and O–H groups in total. The van der Waals surface area contributed by atoms with E-state index in [9.17, 15) is 0 Å². The fourth-order valence-corrected chi connectivity index (χ4v) is 5.02. The lowest BCUT2D eigenvalue weighted by Crippen LogP contribution is -2.53. The number of hydrogen-bond acceptors (Lipinski definition) is 2. The van der Waals surface area contributed by atoms with Crippen LogP contribution in [0, 0.1) is 5.41 Å². The lowest BCUT2D eigenvalue weighted by atomic mass is 9.75. The Balaban J connectivity index is 1.62. The molecule has 3 fully saturated rings. The van der Waals surface area contributed by atoms with Crippen LogP contribution in [0.3, 0.4) is 0 Å². The zero-order chi connectivity index (χ0) is 13.9. The first-order valence-electron chi connectivity index (χ1n) is 9.17. The molecule has 116 valence electrons. The molecule has 3 aliphatic rings. The molecule has 0 aromatic rings. The summed E-state index contributed by atoms with van der Waals surface area (Å²) in [6.45, 7) is 7.80. The van der Waals surface area contributed by atoms with Crippen molar-refractivity contribution in [3.05, 3.63) is 0 Å². The lowest BCUT2D eigenvalue weighted by molar-refractivity contribution is 0.0931. The average molecular weight is 278 g/mol. The van der Waals surface area contributed by atoms with Gasteiger partial charge in [0.1, 0.15) is 0 Å². The van der Waals surface area contributed by atoms with Crippen LogP contribution in [0.25, 0.3) is 0 Å². The highest BCUT2D eigenvalue weighted by Gasteiger charge is 2.37. The van der Waals surface area contributed by atoms with Gasteiger partial charge in [0.2, 0.25) is 0 Å². The van der Waals surface area contributed by atoms with Crippen LogP contribution in [0.15, 0.2) is 0 Å². The van der Waals surface area contributed by atoms with Crippen molar-refractivity contribution in [1.29, 1.82) is 0 Å². The molecule has 0 atom stereocenters. The summed E-state index contributed by atoms with van der Waals surface area (Å²) in [7, 11) is 0. The van der Waals surface area contributed by atoms with Gasteiger partial charge in [0, 0.05) is 18.6 Å². The van der Waals surface area contributed by atoms with Crippen molar-refractivity contribution in [2.24, 2.45) is 5.41 Å². The van der Waals surface area contributed by atoms with Crippen LogP contribution in [-0.2, 0) is 0 Å². The zero-order valence-electron chi connectivity index (χ0n) is 13.6. The smallest absolute Gasteiger partial charge is 0.0308 e. The Hall–Kier alpha value is -0.0800. The van der Waals surface area contributed by atoms with Gasteiger partial charge < -0.3 is 10.2 Å². The first-order valence-corrected chi connectivity index (χ1v) is 9.17. The second-order valence-electron chi connectivity index (χ2n) is 8.20. The van der Waals surface area contributed by atoms with E-state index in [0.717, 1.165) is 0 Å². The Kier molecular flexibility index (Phi) is 4.72. The standard InChI is InChI=1S/C18H34N2/c1-17(9-4-2-5-10-17)15-20-14-8-13-19-18(16-20)11-6-3-7-12-18/h19H,2-16H2,1H3. The SMILES string of the molecule is CC1(CN2CCCNC3(CCCCC3)C2)CCCCC1. The van der Waals surface area contributed by atoms with Gasteiger partial charge in [-0.25, -0.2) is 0 Å². The molecule has 1 spiro atoms. The molecule has 2 saturated carbocycles. The van der Waals surface area contributed by atoms with Gasteiger partial charge in [-0.1, -0.05) is 45.4 Å². The highest BCUT2D eigenvalue weighted by molar-refractivity contribution is 4.96. The third kappa shape index (κ3) is 3.57. The minimum atomic E-state index is 0.472. The molecule has 0 bridgehead atoms. The molecule has 2 heteroatoms. The van der Waals surface area contributed by atoms with Crippen LogP contribution < -0.4 is 5.32 Å². The van der Waals surface area contributed by atoms with Crippen molar-refractivity contribution < 1.29 is 0 Å². The molecule has 2 aliphatic carbocycles. The van der Waals surface area contributed by atoms with Crippen LogP contribution in [0.4, 0.5) is 0 Å². The van der Waals surface area contributed by atoms with Crippen molar-refractivity contribution in [2.45, 2.75) is 83.1 Å². The van der Waals surface area contributed by atoms with Crippen molar-refractivity contribution in [3.8, 4) is 0 Å². The number of nitrogens with one attached hydrogen (secondary N) is 1. The van der Waals surface area contributed by atoms with Crippen molar-refractivity contribution in [3.63, 3.8) is 0 Å². The molecule has 20 heavy (non-hydrogen) atoms. The molecule has 0 unspecified atom stereocenters. The highest BCUT2D eigenvalue weighted by Crippen LogP contribution is 2.38. The quantitative estimate of drug-likeness (QED) is 0.822. The number of nitrogens with zero attached hydrogens (tertiary/aromatic N) is 1. The average Bonchev–Trinajstić information content (AvgIpc) is 2.62. The van der Waals surface area contributed by atoms with Gasteiger partial charge in [0.25, 0.3) is 0 Å². The first kappa shape index (κ1) is 14.8. The molecule has 0 radical (unpaired) electrons. The third-order valence-corrected chi connectivity index (χ3v) is 6.15. The Bertz CT molecular complexity index is 301. The summed E-state index contributed by atoms with van der Waals surface area (Å²) < 4.78 is 0. The molecule has 1 aliphatic heterocycles. The van der Waals surface area contributed by atoms with E-state index in [1.54, 1.807) is 0 Å². The molecule has 0 aromatic carbocycles. The zero-order valence-corrected chi connectivity index (χ0v) is 13.6. The summed E-state index contributed by atoms with van der Waals surface area (Å²) in [5, 5.41) is 3.94. The molecule has 0 amide bonds. The van der Waals surface area contributed by atoms with E-state index in [2.05, 4.69) is 17.1 Å². The largest absolute Gasteiger partial charge is 0.310 e. The van der Waals surface area contributed by atoms with Crippen molar-refractivity contribution in [1.82, 2.24) is 10.2 Å². The summed E-state index contributed by atoms with van der Waals surface area (Å²) in [4.78, 5) is 2.83. The fourth-order valence-electron chi connectivity index (χ4n) is 5.02. The van der Waals surface area contributed by atoms with Crippen LogP contribution in [0.5, 0.6) is 0 Å². The summed E-state index contributed by atoms with van der Waals surface area (Å²) in [6.07, 6.45) is 15.9. The lowest BCUT2D eigenvalue weighted by Gasteiger charge is -2.43. The van der Waals surface area contributed by atoms with Crippen molar-refractivity contribution in [2.75, 3.05) is 26.2 Å².